The molecule has 3 N–H and O–H groups in total. The van der Waals surface area contributed by atoms with Crippen molar-refractivity contribution in [1.29, 1.82) is 0 Å². The first-order chi connectivity index (χ1) is 23.6. The van der Waals surface area contributed by atoms with E-state index >= 15 is 0 Å². The molecule has 0 rings (SSSR count). The summed E-state index contributed by atoms with van der Waals surface area (Å²) in [5, 5.41) is 29.2. The van der Waals surface area contributed by atoms with Crippen molar-refractivity contribution in [3.63, 3.8) is 0 Å². The van der Waals surface area contributed by atoms with Crippen LogP contribution in [-0.4, -0.2) is 33.6 Å². The maximum Gasteiger partial charge on any atom is 0.176 e. The van der Waals surface area contributed by atoms with Gasteiger partial charge in [-0.05, 0) is 102 Å². The Labute approximate surface area is 296 Å². The first-order valence-electron chi connectivity index (χ1n) is 19.2. The van der Waals surface area contributed by atoms with E-state index in [2.05, 4.69) is 65.9 Å². The molecule has 0 amide bonds. The number of terminal acetylenes is 2. The highest BCUT2D eigenvalue weighted by Crippen LogP contribution is 2.13. The molecular formula is C45H68O3. The standard InChI is InChI=1S/C45H68O3/c1-3-5-6-7-8-9-10-11-12-13-14-15-16-17-18-19-20-21-22-23-24-25-26-30-33-36-39-44(47)41-42-45(48)40-37-34-31-28-27-29-32-35-38-43(46)4-2/h1-2,5-6,20-21,26,30,35,38,43-48H,7-19,22-25,27-29,31-34,36,39H2. The fourth-order valence-electron chi connectivity index (χ4n) is 5.25. The third-order valence-electron chi connectivity index (χ3n) is 8.17. The Kier molecular flexibility index (Phi) is 36.2. The molecule has 3 heteroatoms. The van der Waals surface area contributed by atoms with E-state index in [1.165, 1.54) is 96.3 Å². The van der Waals surface area contributed by atoms with Gasteiger partial charge in [0.15, 0.2) is 6.10 Å². The smallest absolute Gasteiger partial charge is 0.176 e. The number of aliphatic hydroxyl groups excluding tert-OH is 3. The number of rotatable bonds is 30. The first kappa shape index (κ1) is 45.1. The summed E-state index contributed by atoms with van der Waals surface area (Å²) in [6.07, 6.45) is 54.9. The predicted molar refractivity (Wildman–Crippen MR) is 208 cm³/mol. The number of hydrogen-bond donors (Lipinski definition) is 3. The van der Waals surface area contributed by atoms with Gasteiger partial charge in [-0.15, -0.1) is 12.8 Å². The Morgan fingerprint density at radius 3 is 1.42 bits per heavy atom. The number of unbranched alkanes of at least 4 members (excludes halogenated alkanes) is 21. The van der Waals surface area contributed by atoms with Gasteiger partial charge in [-0.25, -0.2) is 0 Å². The molecule has 0 saturated heterocycles. The lowest BCUT2D eigenvalue weighted by Gasteiger charge is -2.02. The summed E-state index contributed by atoms with van der Waals surface area (Å²) in [6, 6.07) is 0. The SMILES string of the molecule is C#CC=CCCCCCCCCCCCCCC=CCCCCC=CCCCC(O)C#CC(O)C#CCCCCCCC=CC(O)C#C. The van der Waals surface area contributed by atoms with Crippen molar-refractivity contribution in [2.24, 2.45) is 0 Å². The van der Waals surface area contributed by atoms with Crippen molar-refractivity contribution >= 4 is 0 Å². The molecule has 266 valence electrons. The summed E-state index contributed by atoms with van der Waals surface area (Å²) in [5.41, 5.74) is 0. The Balaban J connectivity index is 3.52. The highest BCUT2D eigenvalue weighted by Gasteiger charge is 1.99. The summed E-state index contributed by atoms with van der Waals surface area (Å²) in [7, 11) is 0. The van der Waals surface area contributed by atoms with Crippen LogP contribution in [0.3, 0.4) is 0 Å². The topological polar surface area (TPSA) is 60.7 Å². The summed E-state index contributed by atoms with van der Waals surface area (Å²) < 4.78 is 0. The van der Waals surface area contributed by atoms with Crippen molar-refractivity contribution < 1.29 is 15.3 Å². The van der Waals surface area contributed by atoms with Crippen LogP contribution < -0.4 is 0 Å². The van der Waals surface area contributed by atoms with Gasteiger partial charge in [-0.3, -0.25) is 0 Å². The molecular weight excluding hydrogens is 588 g/mol. The summed E-state index contributed by atoms with van der Waals surface area (Å²) in [4.78, 5) is 0. The third-order valence-corrected chi connectivity index (χ3v) is 8.17. The molecule has 0 radical (unpaired) electrons. The van der Waals surface area contributed by atoms with Crippen LogP contribution in [0.25, 0.3) is 0 Å². The van der Waals surface area contributed by atoms with Crippen molar-refractivity contribution in [2.75, 3.05) is 0 Å². The van der Waals surface area contributed by atoms with Gasteiger partial charge in [0.25, 0.3) is 0 Å². The zero-order valence-corrected chi connectivity index (χ0v) is 30.2. The van der Waals surface area contributed by atoms with Crippen LogP contribution in [-0.2, 0) is 0 Å². The average molecular weight is 657 g/mol. The van der Waals surface area contributed by atoms with Crippen molar-refractivity contribution in [3.05, 3.63) is 48.6 Å². The zero-order chi connectivity index (χ0) is 35.0. The van der Waals surface area contributed by atoms with Gasteiger partial charge in [0.2, 0.25) is 0 Å². The van der Waals surface area contributed by atoms with E-state index in [9.17, 15) is 15.3 Å². The molecule has 3 nitrogen and oxygen atoms in total. The molecule has 0 aromatic carbocycles. The highest BCUT2D eigenvalue weighted by molar-refractivity contribution is 5.20. The monoisotopic (exact) mass is 657 g/mol. The number of aliphatic hydroxyl groups is 3. The van der Waals surface area contributed by atoms with Crippen molar-refractivity contribution in [2.45, 2.75) is 185 Å². The van der Waals surface area contributed by atoms with Gasteiger partial charge < -0.3 is 15.3 Å². The van der Waals surface area contributed by atoms with E-state index in [4.69, 9.17) is 12.8 Å². The molecule has 0 spiro atoms. The predicted octanol–water partition coefficient (Wildman–Crippen LogP) is 10.7. The van der Waals surface area contributed by atoms with Gasteiger partial charge in [0.1, 0.15) is 12.2 Å². The van der Waals surface area contributed by atoms with Gasteiger partial charge in [-0.2, -0.15) is 0 Å². The molecule has 0 aliphatic heterocycles. The fraction of sp³-hybridized carbons (Fsp3) is 0.644. The Morgan fingerprint density at radius 2 is 0.896 bits per heavy atom. The minimum atomic E-state index is -1.01. The van der Waals surface area contributed by atoms with Crippen molar-refractivity contribution in [1.82, 2.24) is 0 Å². The maximum absolute atomic E-state index is 10.1. The minimum absolute atomic E-state index is 0.604. The van der Waals surface area contributed by atoms with Gasteiger partial charge in [-0.1, -0.05) is 143 Å². The number of hydrogen-bond acceptors (Lipinski definition) is 3. The largest absolute Gasteiger partial charge is 0.380 e. The molecule has 0 bridgehead atoms. The molecule has 0 saturated carbocycles. The Morgan fingerprint density at radius 1 is 0.458 bits per heavy atom. The van der Waals surface area contributed by atoms with Gasteiger partial charge in [0, 0.05) is 6.42 Å². The van der Waals surface area contributed by atoms with Crippen LogP contribution in [0.5, 0.6) is 0 Å². The van der Waals surface area contributed by atoms with E-state index < -0.39 is 18.3 Å². The third kappa shape index (κ3) is 37.5. The second-order valence-corrected chi connectivity index (χ2v) is 12.7. The van der Waals surface area contributed by atoms with E-state index in [0.717, 1.165) is 64.2 Å². The normalized spacial score (nSPS) is 13.3. The fourth-order valence-corrected chi connectivity index (χ4v) is 5.25. The first-order valence-corrected chi connectivity index (χ1v) is 19.2. The van der Waals surface area contributed by atoms with Crippen LogP contribution in [0.15, 0.2) is 48.6 Å². The molecule has 0 aliphatic carbocycles. The van der Waals surface area contributed by atoms with Crippen molar-refractivity contribution in [3.8, 4) is 48.4 Å². The van der Waals surface area contributed by atoms with Gasteiger partial charge in [0.05, 0.1) is 0 Å². The molecule has 0 aliphatic rings. The summed E-state index contributed by atoms with van der Waals surface area (Å²) >= 11 is 0. The van der Waals surface area contributed by atoms with Crippen LogP contribution in [0.1, 0.15) is 167 Å². The molecule has 0 heterocycles. The van der Waals surface area contributed by atoms with Crippen LogP contribution in [0.4, 0.5) is 0 Å². The second kappa shape index (κ2) is 38.5. The van der Waals surface area contributed by atoms with E-state index in [1.54, 1.807) is 6.08 Å². The second-order valence-electron chi connectivity index (χ2n) is 12.7. The average Bonchev–Trinajstić information content (AvgIpc) is 3.09. The van der Waals surface area contributed by atoms with Crippen LogP contribution >= 0.6 is 0 Å². The molecule has 0 aromatic rings. The lowest BCUT2D eigenvalue weighted by molar-refractivity contribution is 0.218. The van der Waals surface area contributed by atoms with E-state index in [1.807, 2.05) is 12.2 Å². The Bertz CT molecular complexity index is 1040. The molecule has 3 unspecified atom stereocenters. The lowest BCUT2D eigenvalue weighted by Crippen LogP contribution is -2.05. The summed E-state index contributed by atoms with van der Waals surface area (Å²) in [6.45, 7) is 0. The molecule has 3 atom stereocenters. The summed E-state index contributed by atoms with van der Waals surface area (Å²) in [5.74, 6) is 15.9. The number of allylic oxidation sites excluding steroid dienone is 7. The van der Waals surface area contributed by atoms with E-state index in [0.29, 0.717) is 6.42 Å². The lowest BCUT2D eigenvalue weighted by atomic mass is 10.0. The highest BCUT2D eigenvalue weighted by atomic mass is 16.3. The maximum atomic E-state index is 10.1. The zero-order valence-electron chi connectivity index (χ0n) is 30.2. The quantitative estimate of drug-likeness (QED) is 0.0410. The van der Waals surface area contributed by atoms with Gasteiger partial charge >= 0.3 is 0 Å². The Hall–Kier alpha value is -2.92. The molecule has 0 aromatic heterocycles. The van der Waals surface area contributed by atoms with Crippen LogP contribution in [0, 0.1) is 48.4 Å². The minimum Gasteiger partial charge on any atom is -0.380 e. The van der Waals surface area contributed by atoms with Crippen LogP contribution in [0.2, 0.25) is 0 Å². The van der Waals surface area contributed by atoms with E-state index in [-0.39, 0.29) is 0 Å². The molecule has 48 heavy (non-hydrogen) atoms. The molecule has 0 fully saturated rings.